The maximum Gasteiger partial charge on any atom is 0.175 e. The van der Waals surface area contributed by atoms with Gasteiger partial charge >= 0.3 is 0 Å². The molecule has 1 saturated carbocycles. The lowest BCUT2D eigenvalue weighted by Gasteiger charge is -2.03. The largest absolute Gasteiger partial charge is 0.293 e. The van der Waals surface area contributed by atoms with Gasteiger partial charge < -0.3 is 0 Å². The fraction of sp³-hybridized carbons (Fsp3) is 0.400. The third-order valence-electron chi connectivity index (χ3n) is 3.45. The number of halogens is 1. The maximum absolute atomic E-state index is 12.1. The van der Waals surface area contributed by atoms with Gasteiger partial charge in [-0.2, -0.15) is 0 Å². The number of carbonyl (C=O) groups excluding carboxylic acids is 1. The zero-order valence-electron chi connectivity index (χ0n) is 11.8. The summed E-state index contributed by atoms with van der Waals surface area (Å²) < 4.78 is 1.89. The Morgan fingerprint density at radius 3 is 2.59 bits per heavy atom. The molecule has 1 fully saturated rings. The van der Waals surface area contributed by atoms with Gasteiger partial charge in [0.15, 0.2) is 14.5 Å². The molecule has 7 heteroatoms. The second-order valence-electron chi connectivity index (χ2n) is 5.08. The van der Waals surface area contributed by atoms with Crippen molar-refractivity contribution in [2.45, 2.75) is 39.6 Å². The lowest BCUT2D eigenvalue weighted by atomic mass is 10.1. The molecular formula is C15H15ClN2OS3. The molecule has 116 valence electrons. The summed E-state index contributed by atoms with van der Waals surface area (Å²) in [6.45, 7) is 0. The first kappa shape index (κ1) is 16.3. The number of Topliss-reactive ketones (excluding diaryl/α,β-unsaturated/α-hetero) is 1. The highest BCUT2D eigenvalue weighted by Crippen LogP contribution is 2.37. The Labute approximate surface area is 147 Å². The highest BCUT2D eigenvalue weighted by Gasteiger charge is 2.18. The van der Waals surface area contributed by atoms with E-state index in [2.05, 4.69) is 10.2 Å². The number of carbonyl (C=O) groups is 1. The van der Waals surface area contributed by atoms with Crippen molar-refractivity contribution in [1.29, 1.82) is 0 Å². The average Bonchev–Trinajstić information content (AvgIpc) is 3.18. The van der Waals surface area contributed by atoms with Gasteiger partial charge in [0.05, 0.1) is 5.75 Å². The first-order chi connectivity index (χ1) is 10.7. The van der Waals surface area contributed by atoms with Crippen molar-refractivity contribution < 1.29 is 4.79 Å². The lowest BCUT2D eigenvalue weighted by molar-refractivity contribution is 0.102. The van der Waals surface area contributed by atoms with E-state index >= 15 is 0 Å². The molecule has 3 nitrogen and oxygen atoms in total. The predicted octanol–water partition coefficient (Wildman–Crippen LogP) is 5.20. The summed E-state index contributed by atoms with van der Waals surface area (Å²) in [7, 11) is 0. The molecule has 1 aliphatic rings. The molecule has 3 rings (SSSR count). The highest BCUT2D eigenvalue weighted by atomic mass is 35.5. The van der Waals surface area contributed by atoms with E-state index in [1.54, 1.807) is 35.6 Å². The van der Waals surface area contributed by atoms with Crippen molar-refractivity contribution in [2.24, 2.45) is 0 Å². The first-order valence-electron chi connectivity index (χ1n) is 7.12. The Kier molecular flexibility index (Phi) is 5.79. The van der Waals surface area contributed by atoms with Gasteiger partial charge in [-0.1, -0.05) is 59.3 Å². The van der Waals surface area contributed by atoms with Crippen molar-refractivity contribution in [3.63, 3.8) is 0 Å². The van der Waals surface area contributed by atoms with Crippen LogP contribution >= 0.6 is 46.5 Å². The zero-order valence-corrected chi connectivity index (χ0v) is 15.0. The van der Waals surface area contributed by atoms with Gasteiger partial charge in [0.25, 0.3) is 0 Å². The third-order valence-corrected chi connectivity index (χ3v) is 7.18. The van der Waals surface area contributed by atoms with Gasteiger partial charge in [0.2, 0.25) is 0 Å². The molecule has 0 radical (unpaired) electrons. The van der Waals surface area contributed by atoms with Gasteiger partial charge in [-0.15, -0.1) is 10.2 Å². The summed E-state index contributed by atoms with van der Waals surface area (Å²) in [4.78, 5) is 12.1. The van der Waals surface area contributed by atoms with Crippen LogP contribution in [-0.2, 0) is 0 Å². The van der Waals surface area contributed by atoms with Crippen LogP contribution in [0.5, 0.6) is 0 Å². The molecule has 0 unspecified atom stereocenters. The molecule has 0 aliphatic heterocycles. The van der Waals surface area contributed by atoms with Crippen LogP contribution in [0.15, 0.2) is 32.9 Å². The maximum atomic E-state index is 12.1. The fourth-order valence-corrected chi connectivity index (χ4v) is 5.84. The number of ketones is 1. The van der Waals surface area contributed by atoms with Crippen LogP contribution in [0.4, 0.5) is 0 Å². The average molecular weight is 371 g/mol. The van der Waals surface area contributed by atoms with E-state index in [9.17, 15) is 4.79 Å². The Morgan fingerprint density at radius 1 is 1.18 bits per heavy atom. The minimum Gasteiger partial charge on any atom is -0.293 e. The molecule has 0 saturated heterocycles. The Morgan fingerprint density at radius 2 is 1.86 bits per heavy atom. The molecule has 22 heavy (non-hydrogen) atoms. The van der Waals surface area contributed by atoms with Crippen molar-refractivity contribution in [3.8, 4) is 0 Å². The minimum atomic E-state index is 0.0851. The molecule has 2 aromatic rings. The van der Waals surface area contributed by atoms with Crippen molar-refractivity contribution in [3.05, 3.63) is 34.9 Å². The van der Waals surface area contributed by atoms with E-state index in [-0.39, 0.29) is 5.78 Å². The van der Waals surface area contributed by atoms with Crippen LogP contribution in [0.2, 0.25) is 5.02 Å². The molecule has 0 N–H and O–H groups in total. The van der Waals surface area contributed by atoms with Crippen LogP contribution in [0, 0.1) is 0 Å². The minimum absolute atomic E-state index is 0.0851. The summed E-state index contributed by atoms with van der Waals surface area (Å²) in [5.41, 5.74) is 0.682. The normalized spacial score (nSPS) is 15.3. The van der Waals surface area contributed by atoms with Gasteiger partial charge in [-0.3, -0.25) is 4.79 Å². The molecule has 0 bridgehead atoms. The number of thioether (sulfide) groups is 2. The number of aromatic nitrogens is 2. The Hall–Kier alpha value is -0.560. The fourth-order valence-electron chi connectivity index (χ4n) is 2.30. The lowest BCUT2D eigenvalue weighted by Crippen LogP contribution is -2.01. The predicted molar refractivity (Wildman–Crippen MR) is 94.5 cm³/mol. The van der Waals surface area contributed by atoms with Crippen LogP contribution in [0.25, 0.3) is 0 Å². The van der Waals surface area contributed by atoms with Crippen molar-refractivity contribution >= 4 is 52.2 Å². The molecule has 0 amide bonds. The smallest absolute Gasteiger partial charge is 0.175 e. The number of nitrogens with zero attached hydrogens (tertiary/aromatic N) is 2. The third kappa shape index (κ3) is 4.47. The number of hydrogen-bond donors (Lipinski definition) is 0. The summed E-state index contributed by atoms with van der Waals surface area (Å²) in [6, 6.07) is 6.99. The van der Waals surface area contributed by atoms with E-state index in [0.717, 1.165) is 8.68 Å². The monoisotopic (exact) mass is 370 g/mol. The quantitative estimate of drug-likeness (QED) is 0.516. The molecule has 1 aliphatic carbocycles. The number of benzene rings is 1. The zero-order chi connectivity index (χ0) is 15.4. The van der Waals surface area contributed by atoms with Gasteiger partial charge in [-0.25, -0.2) is 0 Å². The van der Waals surface area contributed by atoms with Gasteiger partial charge in [0.1, 0.15) is 0 Å². The molecular weight excluding hydrogens is 356 g/mol. The highest BCUT2D eigenvalue weighted by molar-refractivity contribution is 8.03. The topological polar surface area (TPSA) is 42.9 Å². The van der Waals surface area contributed by atoms with Crippen molar-refractivity contribution in [2.75, 3.05) is 5.75 Å². The SMILES string of the molecule is O=C(CSc1nnc(SC2CCCC2)s1)c1ccc(Cl)cc1. The van der Waals surface area contributed by atoms with Gasteiger partial charge in [0, 0.05) is 15.8 Å². The Bertz CT molecular complexity index is 638. The van der Waals surface area contributed by atoms with E-state index in [4.69, 9.17) is 11.6 Å². The number of rotatable bonds is 6. The summed E-state index contributed by atoms with van der Waals surface area (Å²) >= 11 is 10.7. The summed E-state index contributed by atoms with van der Waals surface area (Å²) in [6.07, 6.45) is 5.21. The van der Waals surface area contributed by atoms with E-state index < -0.39 is 0 Å². The van der Waals surface area contributed by atoms with E-state index in [1.165, 1.54) is 37.4 Å². The Balaban J connectivity index is 1.51. The van der Waals surface area contributed by atoms with Crippen molar-refractivity contribution in [1.82, 2.24) is 10.2 Å². The number of hydrogen-bond acceptors (Lipinski definition) is 6. The molecule has 1 heterocycles. The molecule has 0 spiro atoms. The van der Waals surface area contributed by atoms with Gasteiger partial charge in [-0.05, 0) is 37.1 Å². The van der Waals surface area contributed by atoms with E-state index in [0.29, 0.717) is 21.6 Å². The standard InChI is InChI=1S/C15H15ClN2OS3/c16-11-7-5-10(6-8-11)13(19)9-20-14-17-18-15(22-14)21-12-3-1-2-4-12/h5-8,12H,1-4,9H2. The summed E-state index contributed by atoms with van der Waals surface area (Å²) in [5.74, 6) is 0.464. The van der Waals surface area contributed by atoms with E-state index in [1.807, 2.05) is 11.8 Å². The molecule has 1 aromatic heterocycles. The van der Waals surface area contributed by atoms with Crippen LogP contribution in [0.1, 0.15) is 36.0 Å². The molecule has 0 atom stereocenters. The molecule has 1 aromatic carbocycles. The van der Waals surface area contributed by atoms with Crippen LogP contribution in [0.3, 0.4) is 0 Å². The van der Waals surface area contributed by atoms with Crippen LogP contribution < -0.4 is 0 Å². The van der Waals surface area contributed by atoms with Crippen LogP contribution in [-0.4, -0.2) is 27.0 Å². The first-order valence-corrected chi connectivity index (χ1v) is 10.2. The second kappa shape index (κ2) is 7.81. The summed E-state index contributed by atoms with van der Waals surface area (Å²) in [5, 5.41) is 9.74. The second-order valence-corrected chi connectivity index (χ2v) is 9.26.